The topological polar surface area (TPSA) is 204 Å². The van der Waals surface area contributed by atoms with Crippen molar-refractivity contribution in [2.24, 2.45) is 0 Å². The van der Waals surface area contributed by atoms with E-state index in [9.17, 15) is 9.59 Å². The van der Waals surface area contributed by atoms with Crippen LogP contribution >= 0.6 is 0 Å². The van der Waals surface area contributed by atoms with Gasteiger partial charge in [-0.05, 0) is 30.3 Å². The second-order valence-corrected chi connectivity index (χ2v) is 11.7. The lowest BCUT2D eigenvalue weighted by atomic mass is 10.0. The molecular formula is C40H62O18. The van der Waals surface area contributed by atoms with Crippen LogP contribution in [0.4, 0.5) is 0 Å². The van der Waals surface area contributed by atoms with Crippen LogP contribution in [0.1, 0.15) is 20.7 Å². The molecule has 0 bridgehead atoms. The Morgan fingerprint density at radius 2 is 0.690 bits per heavy atom. The molecule has 0 radical (unpaired) electrons. The van der Waals surface area contributed by atoms with Crippen LogP contribution in [0.5, 0.6) is 23.0 Å². The maximum Gasteiger partial charge on any atom is 0.233 e. The molecule has 0 aromatic heterocycles. The number of rotatable bonds is 41. The minimum absolute atomic E-state index is 0.00937. The molecule has 0 heterocycles. The predicted octanol–water partition coefficient (Wildman–Crippen LogP) is 1.68. The van der Waals surface area contributed by atoms with Crippen molar-refractivity contribution >= 4 is 11.6 Å². The van der Waals surface area contributed by atoms with Gasteiger partial charge in [0, 0.05) is 17.2 Å². The smallest absolute Gasteiger partial charge is 0.233 e. The van der Waals surface area contributed by atoms with E-state index in [-0.39, 0.29) is 50.8 Å². The molecule has 0 fully saturated rings. The Morgan fingerprint density at radius 1 is 0.379 bits per heavy atom. The summed E-state index contributed by atoms with van der Waals surface area (Å²) in [5.41, 5.74) is 0.218. The van der Waals surface area contributed by atoms with Gasteiger partial charge in [-0.1, -0.05) is 0 Å². The first kappa shape index (κ1) is 50.6. The number of methoxy groups -OCH3 is 2. The van der Waals surface area contributed by atoms with Gasteiger partial charge in [0.15, 0.2) is 11.5 Å². The third kappa shape index (κ3) is 24.4. The molecule has 0 atom stereocenters. The van der Waals surface area contributed by atoms with Gasteiger partial charge in [-0.15, -0.1) is 0 Å². The molecule has 2 aromatic carbocycles. The zero-order chi connectivity index (χ0) is 41.7. The van der Waals surface area contributed by atoms with Crippen molar-refractivity contribution in [3.63, 3.8) is 0 Å². The first-order chi connectivity index (χ1) is 28.5. The van der Waals surface area contributed by atoms with E-state index in [0.29, 0.717) is 142 Å². The molecule has 0 unspecified atom stereocenters. The highest BCUT2D eigenvalue weighted by molar-refractivity contribution is 6.49. The SMILES string of the molecule is COc1ccc(C(=O)C(=O)c2cc(OCCOCCOCCOCCOCCOCCO)cc(OCCOCCOCCOCCOCCOCCO)c2)cc1OC. The normalized spacial score (nSPS) is 11.2. The summed E-state index contributed by atoms with van der Waals surface area (Å²) in [5.74, 6) is -0.128. The molecule has 18 nitrogen and oxygen atoms in total. The van der Waals surface area contributed by atoms with E-state index in [2.05, 4.69) is 0 Å². The monoisotopic (exact) mass is 830 g/mol. The Labute approximate surface area is 340 Å². The zero-order valence-electron chi connectivity index (χ0n) is 33.9. The fourth-order valence-corrected chi connectivity index (χ4v) is 4.64. The second-order valence-electron chi connectivity index (χ2n) is 11.7. The molecule has 0 aliphatic carbocycles. The summed E-state index contributed by atoms with van der Waals surface area (Å²) in [7, 11) is 2.92. The molecule has 330 valence electrons. The fraction of sp³-hybridized carbons (Fsp3) is 0.650. The van der Waals surface area contributed by atoms with Crippen LogP contribution < -0.4 is 18.9 Å². The number of benzene rings is 2. The number of aliphatic hydroxyl groups is 2. The highest BCUT2D eigenvalue weighted by Gasteiger charge is 2.22. The van der Waals surface area contributed by atoms with Crippen molar-refractivity contribution in [3.05, 3.63) is 47.5 Å². The van der Waals surface area contributed by atoms with Crippen LogP contribution in [-0.2, 0) is 47.4 Å². The highest BCUT2D eigenvalue weighted by Crippen LogP contribution is 2.29. The van der Waals surface area contributed by atoms with E-state index in [1.807, 2.05) is 0 Å². The van der Waals surface area contributed by atoms with E-state index < -0.39 is 11.6 Å². The lowest BCUT2D eigenvalue weighted by Gasteiger charge is -2.13. The Bertz CT molecular complexity index is 1270. The van der Waals surface area contributed by atoms with Crippen molar-refractivity contribution in [1.82, 2.24) is 0 Å². The number of hydrogen-bond acceptors (Lipinski definition) is 18. The zero-order valence-corrected chi connectivity index (χ0v) is 33.9. The molecular weight excluding hydrogens is 768 g/mol. The van der Waals surface area contributed by atoms with Gasteiger partial charge in [0.1, 0.15) is 24.7 Å². The number of Topliss-reactive ketones (excluding diaryl/α,β-unsaturated/α-hetero) is 2. The predicted molar refractivity (Wildman–Crippen MR) is 208 cm³/mol. The number of carbonyl (C=O) groups is 2. The Kier molecular flexibility index (Phi) is 30.9. The minimum atomic E-state index is -0.759. The summed E-state index contributed by atoms with van der Waals surface area (Å²) in [6.07, 6.45) is 0. The third-order valence-corrected chi connectivity index (χ3v) is 7.43. The molecule has 0 aliphatic rings. The first-order valence-electron chi connectivity index (χ1n) is 19.2. The summed E-state index contributed by atoms with van der Waals surface area (Å²) in [4.78, 5) is 26.7. The van der Waals surface area contributed by atoms with E-state index in [4.69, 9.17) is 76.5 Å². The van der Waals surface area contributed by atoms with E-state index in [0.717, 1.165) is 0 Å². The molecule has 0 saturated heterocycles. The number of carbonyl (C=O) groups excluding carboxylic acids is 2. The van der Waals surface area contributed by atoms with Crippen molar-refractivity contribution in [2.75, 3.05) is 173 Å². The average molecular weight is 831 g/mol. The number of ether oxygens (including phenoxy) is 14. The van der Waals surface area contributed by atoms with Gasteiger partial charge in [-0.2, -0.15) is 0 Å². The largest absolute Gasteiger partial charge is 0.493 e. The van der Waals surface area contributed by atoms with Crippen molar-refractivity contribution in [3.8, 4) is 23.0 Å². The van der Waals surface area contributed by atoms with E-state index in [1.165, 1.54) is 38.5 Å². The van der Waals surface area contributed by atoms with Crippen molar-refractivity contribution in [1.29, 1.82) is 0 Å². The fourth-order valence-electron chi connectivity index (χ4n) is 4.64. The summed E-state index contributed by atoms with van der Waals surface area (Å²) < 4.78 is 76.3. The molecule has 18 heteroatoms. The van der Waals surface area contributed by atoms with Gasteiger partial charge in [-0.25, -0.2) is 0 Å². The van der Waals surface area contributed by atoms with Crippen LogP contribution in [-0.4, -0.2) is 195 Å². The van der Waals surface area contributed by atoms with Gasteiger partial charge in [0.25, 0.3) is 0 Å². The second kappa shape index (κ2) is 35.4. The molecule has 58 heavy (non-hydrogen) atoms. The van der Waals surface area contributed by atoms with Crippen molar-refractivity contribution in [2.45, 2.75) is 0 Å². The van der Waals surface area contributed by atoms with Crippen molar-refractivity contribution < 1.29 is 86.1 Å². The molecule has 0 saturated carbocycles. The minimum Gasteiger partial charge on any atom is -0.493 e. The Hall–Kier alpha value is -3.50. The maximum atomic E-state index is 13.4. The number of hydrogen-bond donors (Lipinski definition) is 2. The molecule has 2 rings (SSSR count). The van der Waals surface area contributed by atoms with Gasteiger partial charge >= 0.3 is 0 Å². The maximum absolute atomic E-state index is 13.4. The summed E-state index contributed by atoms with van der Waals surface area (Å²) in [5, 5.41) is 17.3. The number of aliphatic hydroxyl groups excluding tert-OH is 2. The van der Waals surface area contributed by atoms with Gasteiger partial charge < -0.3 is 76.5 Å². The van der Waals surface area contributed by atoms with E-state index in [1.54, 1.807) is 12.1 Å². The number of ketones is 2. The van der Waals surface area contributed by atoms with Gasteiger partial charge in [0.05, 0.1) is 160 Å². The first-order valence-corrected chi connectivity index (χ1v) is 19.2. The lowest BCUT2D eigenvalue weighted by molar-refractivity contribution is -0.0147. The van der Waals surface area contributed by atoms with Crippen LogP contribution in [0.25, 0.3) is 0 Å². The van der Waals surface area contributed by atoms with Gasteiger partial charge in [0.2, 0.25) is 11.6 Å². The average Bonchev–Trinajstić information content (AvgIpc) is 3.24. The van der Waals surface area contributed by atoms with Crippen LogP contribution in [0.15, 0.2) is 36.4 Å². The molecule has 0 amide bonds. The van der Waals surface area contributed by atoms with Crippen LogP contribution in [0, 0.1) is 0 Å². The molecule has 2 N–H and O–H groups in total. The summed E-state index contributed by atoms with van der Waals surface area (Å²) in [6.45, 7) is 7.95. The molecule has 0 aliphatic heterocycles. The van der Waals surface area contributed by atoms with Crippen LogP contribution in [0.3, 0.4) is 0 Å². The molecule has 2 aromatic rings. The van der Waals surface area contributed by atoms with E-state index >= 15 is 0 Å². The summed E-state index contributed by atoms with van der Waals surface area (Å²) >= 11 is 0. The third-order valence-electron chi connectivity index (χ3n) is 7.43. The standard InChI is InChI=1S/C40H62O18/c1-45-37-4-3-33(31-38(37)46-2)39(43)40(44)34-29-35(57-27-25-55-23-21-53-19-17-51-15-13-49-11-9-47-7-5-41)32-36(30-34)58-28-26-56-24-22-54-20-18-52-16-14-50-12-10-48-8-6-42/h3-4,29-32,41-42H,5-28H2,1-2H3. The van der Waals surface area contributed by atoms with Crippen LogP contribution in [0.2, 0.25) is 0 Å². The quantitative estimate of drug-likeness (QED) is 0.0556. The summed E-state index contributed by atoms with van der Waals surface area (Å²) in [6, 6.07) is 9.08. The Morgan fingerprint density at radius 3 is 1.02 bits per heavy atom. The lowest BCUT2D eigenvalue weighted by Crippen LogP contribution is -2.16. The Balaban J connectivity index is 1.73. The highest BCUT2D eigenvalue weighted by atomic mass is 16.6. The molecule has 0 spiro atoms. The van der Waals surface area contributed by atoms with Gasteiger partial charge in [-0.3, -0.25) is 9.59 Å².